The predicted octanol–water partition coefficient (Wildman–Crippen LogP) is 8.69. The topological polar surface area (TPSA) is 30.8 Å². The zero-order valence-electron chi connectivity index (χ0n) is 24.4. The van der Waals surface area contributed by atoms with Crippen LogP contribution in [0.25, 0.3) is 0 Å². The fraction of sp³-hybridized carbons (Fsp3) is 0.0769. The van der Waals surface area contributed by atoms with E-state index in [1.54, 1.807) is 14.2 Å². The lowest BCUT2D eigenvalue weighted by Gasteiger charge is -2.28. The Morgan fingerprint density at radius 1 is 0.442 bits per heavy atom. The molecule has 0 saturated carbocycles. The lowest BCUT2D eigenvalue weighted by atomic mass is 9.84. The summed E-state index contributed by atoms with van der Waals surface area (Å²) in [6.45, 7) is 0. The quantitative estimate of drug-likeness (QED) is 0.127. The van der Waals surface area contributed by atoms with Crippen LogP contribution in [0.5, 0.6) is 11.5 Å². The average Bonchev–Trinajstić information content (AvgIpc) is 3.10. The summed E-state index contributed by atoms with van der Waals surface area (Å²) < 4.78 is 16.9. The van der Waals surface area contributed by atoms with Gasteiger partial charge in [-0.3, -0.25) is 4.74 Å². The molecule has 0 aliphatic rings. The molecule has 6 aromatic rings. The summed E-state index contributed by atoms with van der Waals surface area (Å²) in [7, 11) is 0.932. The number of nitrogens with zero attached hydrogens (tertiary/aromatic N) is 1. The van der Waals surface area contributed by atoms with E-state index in [-0.39, 0.29) is 5.92 Å². The van der Waals surface area contributed by atoms with Crippen LogP contribution in [-0.4, -0.2) is 14.2 Å². The second-order valence-electron chi connectivity index (χ2n) is 10.3. The Bertz CT molecular complexity index is 1670. The zero-order chi connectivity index (χ0) is 29.5. The molecule has 0 aliphatic heterocycles. The summed E-state index contributed by atoms with van der Waals surface area (Å²) in [5.41, 5.74) is 4.45. The maximum Gasteiger partial charge on any atom is 0.118 e. The fourth-order valence-electron chi connectivity index (χ4n) is 5.68. The molecular formula is C39H34NO2P. The number of methoxy groups -OCH3 is 2. The average molecular weight is 580 g/mol. The first-order valence-electron chi connectivity index (χ1n) is 14.4. The summed E-state index contributed by atoms with van der Waals surface area (Å²) >= 11 is 0. The predicted molar refractivity (Wildman–Crippen MR) is 181 cm³/mol. The van der Waals surface area contributed by atoms with Crippen LogP contribution in [0.2, 0.25) is 0 Å². The molecule has 0 amide bonds. The van der Waals surface area contributed by atoms with Gasteiger partial charge in [0.25, 0.3) is 0 Å². The van der Waals surface area contributed by atoms with E-state index in [0.717, 1.165) is 33.9 Å². The minimum absolute atomic E-state index is 0.0546. The molecule has 0 aromatic heterocycles. The summed E-state index contributed by atoms with van der Waals surface area (Å²) in [5.74, 6) is 1.61. The third kappa shape index (κ3) is 5.78. The van der Waals surface area contributed by atoms with E-state index in [4.69, 9.17) is 14.2 Å². The standard InChI is InChI=1S/C39H34NO2P/c1-41-32-26-22-30(23-27-32)39(31-24-28-33(42-2)29-25-31)37-20-12-13-21-38(37)40-43(34-14-6-3-7-15-34,35-16-8-4-9-17-35)36-18-10-5-11-19-36/h3-29,39H,1-2H3. The molecule has 0 aliphatic carbocycles. The first kappa shape index (κ1) is 28.3. The van der Waals surface area contributed by atoms with E-state index in [1.165, 1.54) is 15.9 Å². The van der Waals surface area contributed by atoms with Gasteiger partial charge in [0, 0.05) is 21.8 Å². The van der Waals surface area contributed by atoms with Gasteiger partial charge in [0.2, 0.25) is 0 Å². The van der Waals surface area contributed by atoms with Crippen LogP contribution >= 0.6 is 7.05 Å². The van der Waals surface area contributed by atoms with Crippen LogP contribution in [0.15, 0.2) is 169 Å². The molecule has 0 atom stereocenters. The molecule has 6 aromatic carbocycles. The van der Waals surface area contributed by atoms with Crippen molar-refractivity contribution in [2.45, 2.75) is 5.92 Å². The van der Waals surface area contributed by atoms with Crippen molar-refractivity contribution >= 4 is 28.7 Å². The molecule has 0 unspecified atom stereocenters. The van der Waals surface area contributed by atoms with Crippen molar-refractivity contribution in [3.63, 3.8) is 0 Å². The molecule has 3 nitrogen and oxygen atoms in total. The van der Waals surface area contributed by atoms with Crippen molar-refractivity contribution in [1.29, 1.82) is 0 Å². The first-order chi connectivity index (χ1) is 21.2. The molecule has 0 fully saturated rings. The van der Waals surface area contributed by atoms with E-state index in [2.05, 4.69) is 140 Å². The molecule has 0 N–H and O–H groups in total. The smallest absolute Gasteiger partial charge is 0.118 e. The molecule has 0 spiro atoms. The van der Waals surface area contributed by atoms with Crippen LogP contribution in [0, 0.1) is 0 Å². The van der Waals surface area contributed by atoms with Gasteiger partial charge in [0.15, 0.2) is 0 Å². The molecule has 0 radical (unpaired) electrons. The van der Waals surface area contributed by atoms with Gasteiger partial charge in [0.05, 0.1) is 27.0 Å². The minimum Gasteiger partial charge on any atom is -0.497 e. The van der Waals surface area contributed by atoms with E-state index in [1.807, 2.05) is 24.3 Å². The summed E-state index contributed by atoms with van der Waals surface area (Å²) in [6.07, 6.45) is 0. The summed E-state index contributed by atoms with van der Waals surface area (Å²) in [4.78, 5) is 0. The highest BCUT2D eigenvalue weighted by Gasteiger charge is 2.29. The van der Waals surface area contributed by atoms with Crippen LogP contribution in [0.1, 0.15) is 22.6 Å². The largest absolute Gasteiger partial charge is 0.497 e. The fourth-order valence-corrected chi connectivity index (χ4v) is 9.24. The summed E-state index contributed by atoms with van der Waals surface area (Å²) in [6, 6.07) is 57.6. The molecule has 0 saturated heterocycles. The Morgan fingerprint density at radius 2 is 0.814 bits per heavy atom. The number of ether oxygens (including phenoxy) is 2. The highest BCUT2D eigenvalue weighted by Crippen LogP contribution is 2.51. The Labute approximate surface area is 254 Å². The molecule has 212 valence electrons. The van der Waals surface area contributed by atoms with Gasteiger partial charge in [-0.2, -0.15) is 0 Å². The Kier molecular flexibility index (Phi) is 8.54. The first-order valence-corrected chi connectivity index (χ1v) is 16.1. The molecule has 43 heavy (non-hydrogen) atoms. The van der Waals surface area contributed by atoms with Crippen molar-refractivity contribution in [2.24, 2.45) is 4.74 Å². The third-order valence-corrected chi connectivity index (χ3v) is 11.4. The number of benzene rings is 6. The van der Waals surface area contributed by atoms with Crippen molar-refractivity contribution < 1.29 is 9.47 Å². The molecule has 0 heterocycles. The van der Waals surface area contributed by atoms with Gasteiger partial charge in [-0.05, 0) is 47.0 Å². The van der Waals surface area contributed by atoms with Crippen LogP contribution in [0.3, 0.4) is 0 Å². The lowest BCUT2D eigenvalue weighted by molar-refractivity contribution is 0.414. The van der Waals surface area contributed by atoms with E-state index in [0.29, 0.717) is 0 Å². The Hall–Kier alpha value is -4.85. The molecule has 6 rings (SSSR count). The zero-order valence-corrected chi connectivity index (χ0v) is 25.3. The second-order valence-corrected chi connectivity index (χ2v) is 13.3. The highest BCUT2D eigenvalue weighted by atomic mass is 31.2. The number of hydrogen-bond acceptors (Lipinski definition) is 3. The van der Waals surface area contributed by atoms with Crippen LogP contribution < -0.4 is 25.4 Å². The van der Waals surface area contributed by atoms with Gasteiger partial charge >= 0.3 is 0 Å². The highest BCUT2D eigenvalue weighted by molar-refractivity contribution is 7.87. The number of hydrogen-bond donors (Lipinski definition) is 0. The van der Waals surface area contributed by atoms with Crippen molar-refractivity contribution in [1.82, 2.24) is 0 Å². The number of rotatable bonds is 9. The van der Waals surface area contributed by atoms with Gasteiger partial charge < -0.3 is 9.47 Å². The SMILES string of the molecule is COc1ccc(C(c2ccc(OC)cc2)c2ccccc2N=P(c2ccccc2)(c2ccccc2)c2ccccc2)cc1. The van der Waals surface area contributed by atoms with Gasteiger partial charge in [0.1, 0.15) is 11.5 Å². The van der Waals surface area contributed by atoms with Crippen molar-refractivity contribution in [2.75, 3.05) is 14.2 Å². The summed E-state index contributed by atoms with van der Waals surface area (Å²) in [5, 5.41) is 3.65. The van der Waals surface area contributed by atoms with E-state index < -0.39 is 7.05 Å². The van der Waals surface area contributed by atoms with Crippen molar-refractivity contribution in [3.8, 4) is 11.5 Å². The monoisotopic (exact) mass is 579 g/mol. The third-order valence-electron chi connectivity index (χ3n) is 7.79. The molecule has 0 bridgehead atoms. The molecule has 4 heteroatoms. The Balaban J connectivity index is 1.67. The van der Waals surface area contributed by atoms with Gasteiger partial charge in [-0.1, -0.05) is 133 Å². The maximum absolute atomic E-state index is 5.90. The molecular weight excluding hydrogens is 545 g/mol. The van der Waals surface area contributed by atoms with Gasteiger partial charge in [-0.15, -0.1) is 0 Å². The minimum atomic E-state index is -2.47. The van der Waals surface area contributed by atoms with Crippen LogP contribution in [-0.2, 0) is 0 Å². The normalized spacial score (nSPS) is 11.2. The van der Waals surface area contributed by atoms with E-state index in [9.17, 15) is 0 Å². The van der Waals surface area contributed by atoms with Crippen LogP contribution in [0.4, 0.5) is 5.69 Å². The lowest BCUT2D eigenvalue weighted by Crippen LogP contribution is -2.25. The second kappa shape index (κ2) is 13.0. The van der Waals surface area contributed by atoms with Gasteiger partial charge in [-0.25, -0.2) is 0 Å². The van der Waals surface area contributed by atoms with E-state index >= 15 is 0 Å². The van der Waals surface area contributed by atoms with Crippen molar-refractivity contribution in [3.05, 3.63) is 180 Å². The maximum atomic E-state index is 5.90. The Morgan fingerprint density at radius 3 is 1.21 bits per heavy atom.